The highest BCUT2D eigenvalue weighted by Gasteiger charge is 2.05. The van der Waals surface area contributed by atoms with Crippen LogP contribution in [0.1, 0.15) is 0 Å². The van der Waals surface area contributed by atoms with Crippen LogP contribution >= 0.6 is 0 Å². The van der Waals surface area contributed by atoms with E-state index < -0.39 is 0 Å². The van der Waals surface area contributed by atoms with Gasteiger partial charge < -0.3 is 0 Å². The Morgan fingerprint density at radius 2 is 0.700 bits per heavy atom. The molecule has 140 valence electrons. The van der Waals surface area contributed by atoms with Gasteiger partial charge in [-0.15, -0.1) is 10.2 Å². The minimum absolute atomic E-state index is 0.885. The molecule has 0 saturated carbocycles. The summed E-state index contributed by atoms with van der Waals surface area (Å²) in [6.45, 7) is 0. The van der Waals surface area contributed by atoms with Crippen molar-refractivity contribution in [1.29, 1.82) is 0 Å². The van der Waals surface area contributed by atoms with Crippen molar-refractivity contribution in [2.45, 2.75) is 0 Å². The van der Waals surface area contributed by atoms with Crippen molar-refractivity contribution >= 4 is 54.5 Å². The van der Waals surface area contributed by atoms with Crippen LogP contribution in [0.25, 0.3) is 43.1 Å². The standard InChI is InChI=1S/C28H18N2/c1-3-9-21-17-25-23(15-19(21)7-1)11-5-13-27(25)29-30-28-14-6-12-24-16-20-8-2-4-10-22(20)18-26(24)28/h1-18H. The van der Waals surface area contributed by atoms with Crippen molar-refractivity contribution in [3.05, 3.63) is 109 Å². The molecule has 0 radical (unpaired) electrons. The predicted molar refractivity (Wildman–Crippen MR) is 127 cm³/mol. The van der Waals surface area contributed by atoms with Crippen LogP contribution < -0.4 is 0 Å². The van der Waals surface area contributed by atoms with Crippen LogP contribution in [0.4, 0.5) is 11.4 Å². The predicted octanol–water partition coefficient (Wildman–Crippen LogP) is 8.71. The van der Waals surface area contributed by atoms with Gasteiger partial charge in [-0.25, -0.2) is 0 Å². The fourth-order valence-electron chi connectivity index (χ4n) is 4.18. The molecule has 0 spiro atoms. The third-order valence-corrected chi connectivity index (χ3v) is 5.71. The van der Waals surface area contributed by atoms with Crippen LogP contribution in [0.5, 0.6) is 0 Å². The molecule has 0 unspecified atom stereocenters. The first-order valence-corrected chi connectivity index (χ1v) is 10.1. The first-order valence-electron chi connectivity index (χ1n) is 10.1. The molecule has 0 fully saturated rings. The SMILES string of the molecule is c1ccc2cc3c(N=Nc4cccc5cc6ccccc6cc45)cccc3cc2c1. The highest BCUT2D eigenvalue weighted by Crippen LogP contribution is 2.34. The topological polar surface area (TPSA) is 24.7 Å². The Labute approximate surface area is 174 Å². The summed E-state index contributed by atoms with van der Waals surface area (Å²) in [5, 5.41) is 18.8. The minimum Gasteiger partial charge on any atom is -0.150 e. The maximum absolute atomic E-state index is 4.67. The average molecular weight is 382 g/mol. The third kappa shape index (κ3) is 2.82. The molecule has 0 aromatic heterocycles. The summed E-state index contributed by atoms with van der Waals surface area (Å²) in [6.07, 6.45) is 0. The van der Waals surface area contributed by atoms with Crippen LogP contribution in [0, 0.1) is 0 Å². The summed E-state index contributed by atoms with van der Waals surface area (Å²) in [4.78, 5) is 0. The Morgan fingerprint density at radius 1 is 0.333 bits per heavy atom. The van der Waals surface area contributed by atoms with E-state index in [0.717, 1.165) is 22.1 Å². The number of fused-ring (bicyclic) bond motifs is 4. The Balaban J connectivity index is 1.51. The largest absolute Gasteiger partial charge is 0.150 e. The third-order valence-electron chi connectivity index (χ3n) is 5.71. The number of hydrogen-bond acceptors (Lipinski definition) is 2. The minimum atomic E-state index is 0.885. The average Bonchev–Trinajstić information content (AvgIpc) is 2.80. The van der Waals surface area contributed by atoms with Crippen molar-refractivity contribution in [2.75, 3.05) is 0 Å². The molecule has 0 heterocycles. The van der Waals surface area contributed by atoms with Gasteiger partial charge in [0.25, 0.3) is 0 Å². The van der Waals surface area contributed by atoms with E-state index in [1.54, 1.807) is 0 Å². The first-order chi connectivity index (χ1) is 14.8. The molecule has 0 saturated heterocycles. The summed E-state index contributed by atoms with van der Waals surface area (Å²) < 4.78 is 0. The summed E-state index contributed by atoms with van der Waals surface area (Å²) in [5.74, 6) is 0. The number of azo groups is 1. The molecule has 0 aliphatic heterocycles. The fourth-order valence-corrected chi connectivity index (χ4v) is 4.18. The lowest BCUT2D eigenvalue weighted by Gasteiger charge is -2.06. The molecule has 6 aromatic rings. The van der Waals surface area contributed by atoms with E-state index in [4.69, 9.17) is 0 Å². The lowest BCUT2D eigenvalue weighted by Crippen LogP contribution is -1.78. The first kappa shape index (κ1) is 16.9. The molecule has 0 amide bonds. The Hall–Kier alpha value is -4.04. The highest BCUT2D eigenvalue weighted by atomic mass is 15.1. The molecule has 0 aliphatic carbocycles. The summed E-state index contributed by atoms with van der Waals surface area (Å²) in [5.41, 5.74) is 1.77. The van der Waals surface area contributed by atoms with E-state index in [9.17, 15) is 0 Å². The van der Waals surface area contributed by atoms with Gasteiger partial charge in [0.1, 0.15) is 0 Å². The molecule has 30 heavy (non-hydrogen) atoms. The Morgan fingerprint density at radius 3 is 1.13 bits per heavy atom. The highest BCUT2D eigenvalue weighted by molar-refractivity contribution is 6.04. The van der Waals surface area contributed by atoms with Crippen LogP contribution in [0.15, 0.2) is 119 Å². The molecule has 0 aliphatic rings. The van der Waals surface area contributed by atoms with Crippen LogP contribution in [0.2, 0.25) is 0 Å². The molecule has 0 N–H and O–H groups in total. The molecule has 2 nitrogen and oxygen atoms in total. The van der Waals surface area contributed by atoms with E-state index in [0.29, 0.717) is 0 Å². The Bertz CT molecular complexity index is 1470. The lowest BCUT2D eigenvalue weighted by molar-refractivity contribution is 1.25. The zero-order chi connectivity index (χ0) is 19.9. The van der Waals surface area contributed by atoms with Gasteiger partial charge in [0.2, 0.25) is 0 Å². The summed E-state index contributed by atoms with van der Waals surface area (Å²) in [7, 11) is 0. The molecule has 6 rings (SSSR count). The zero-order valence-electron chi connectivity index (χ0n) is 16.3. The van der Waals surface area contributed by atoms with Gasteiger partial charge in [-0.05, 0) is 68.7 Å². The van der Waals surface area contributed by atoms with E-state index in [2.05, 4.69) is 95.2 Å². The van der Waals surface area contributed by atoms with Crippen LogP contribution in [-0.2, 0) is 0 Å². The van der Waals surface area contributed by atoms with Crippen molar-refractivity contribution in [2.24, 2.45) is 10.2 Å². The molecule has 0 bridgehead atoms. The van der Waals surface area contributed by atoms with Crippen molar-refractivity contribution in [3.63, 3.8) is 0 Å². The van der Waals surface area contributed by atoms with Gasteiger partial charge in [-0.2, -0.15) is 0 Å². The van der Waals surface area contributed by atoms with E-state index >= 15 is 0 Å². The monoisotopic (exact) mass is 382 g/mol. The number of nitrogens with zero attached hydrogens (tertiary/aromatic N) is 2. The molecule has 0 atom stereocenters. The van der Waals surface area contributed by atoms with Crippen molar-refractivity contribution in [3.8, 4) is 0 Å². The maximum Gasteiger partial charge on any atom is 0.0935 e. The van der Waals surface area contributed by atoms with Gasteiger partial charge >= 0.3 is 0 Å². The smallest absolute Gasteiger partial charge is 0.0935 e. The molecular formula is C28H18N2. The zero-order valence-corrected chi connectivity index (χ0v) is 16.3. The molecule has 2 heteroatoms. The van der Waals surface area contributed by atoms with Gasteiger partial charge in [0.05, 0.1) is 11.4 Å². The summed E-state index contributed by atoms with van der Waals surface area (Å²) >= 11 is 0. The van der Waals surface area contributed by atoms with Gasteiger partial charge in [0.15, 0.2) is 0 Å². The summed E-state index contributed by atoms with van der Waals surface area (Å²) in [6, 6.07) is 38.1. The number of benzene rings is 6. The normalized spacial score (nSPS) is 11.9. The van der Waals surface area contributed by atoms with Gasteiger partial charge in [-0.3, -0.25) is 0 Å². The van der Waals surface area contributed by atoms with Crippen LogP contribution in [0.3, 0.4) is 0 Å². The molecular weight excluding hydrogens is 364 g/mol. The van der Waals surface area contributed by atoms with E-state index in [1.165, 1.54) is 32.3 Å². The number of rotatable bonds is 2. The maximum atomic E-state index is 4.67. The van der Waals surface area contributed by atoms with E-state index in [-0.39, 0.29) is 0 Å². The second kappa shape index (κ2) is 6.78. The Kier molecular flexibility index (Phi) is 3.82. The second-order valence-corrected chi connectivity index (χ2v) is 7.60. The fraction of sp³-hybridized carbons (Fsp3) is 0. The van der Waals surface area contributed by atoms with Crippen LogP contribution in [-0.4, -0.2) is 0 Å². The second-order valence-electron chi connectivity index (χ2n) is 7.60. The quantitative estimate of drug-likeness (QED) is 0.211. The molecule has 6 aromatic carbocycles. The van der Waals surface area contributed by atoms with Gasteiger partial charge in [-0.1, -0.05) is 72.8 Å². The number of hydrogen-bond donors (Lipinski definition) is 0. The van der Waals surface area contributed by atoms with E-state index in [1.807, 2.05) is 24.3 Å². The van der Waals surface area contributed by atoms with Gasteiger partial charge in [0, 0.05) is 10.8 Å². The van der Waals surface area contributed by atoms with Crippen molar-refractivity contribution < 1.29 is 0 Å². The lowest BCUT2D eigenvalue weighted by atomic mass is 10.0. The van der Waals surface area contributed by atoms with Crippen molar-refractivity contribution in [1.82, 2.24) is 0 Å².